The summed E-state index contributed by atoms with van der Waals surface area (Å²) in [7, 11) is 0. The fraction of sp³-hybridized carbons (Fsp3) is 0.421. The zero-order chi connectivity index (χ0) is 20.8. The molecule has 2 N–H and O–H groups in total. The number of carbonyl (C=O) groups is 2. The third kappa shape index (κ3) is 5.53. The molecule has 1 aliphatic rings. The van der Waals surface area contributed by atoms with E-state index in [4.69, 9.17) is 4.52 Å². The zero-order valence-corrected chi connectivity index (χ0v) is 16.1. The average molecular weight is 401 g/mol. The van der Waals surface area contributed by atoms with E-state index in [2.05, 4.69) is 15.8 Å². The van der Waals surface area contributed by atoms with E-state index in [0.29, 0.717) is 17.3 Å². The lowest BCUT2D eigenvalue weighted by Crippen LogP contribution is -2.47. The number of aryl methyl sites for hydroxylation is 1. The van der Waals surface area contributed by atoms with Crippen LogP contribution in [-0.4, -0.2) is 39.5 Å². The Morgan fingerprint density at radius 3 is 2.48 bits per heavy atom. The number of rotatable bonds is 6. The smallest absolute Gasteiger partial charge is 0.322 e. The number of nitro benzene ring substituents is 1. The molecular weight excluding hydrogens is 378 g/mol. The van der Waals surface area contributed by atoms with E-state index in [1.54, 1.807) is 13.0 Å². The van der Waals surface area contributed by atoms with Crippen molar-refractivity contribution in [3.8, 4) is 0 Å². The van der Waals surface area contributed by atoms with Gasteiger partial charge in [-0.05, 0) is 31.9 Å². The Labute approximate surface area is 167 Å². The molecule has 1 saturated carbocycles. The Balaban J connectivity index is 1.69. The number of amides is 3. The van der Waals surface area contributed by atoms with Crippen molar-refractivity contribution in [2.45, 2.75) is 45.1 Å². The number of non-ortho nitro benzene ring substituents is 1. The van der Waals surface area contributed by atoms with Gasteiger partial charge in [-0.1, -0.05) is 24.4 Å². The second kappa shape index (κ2) is 9.18. The molecule has 0 aliphatic heterocycles. The van der Waals surface area contributed by atoms with Gasteiger partial charge in [-0.25, -0.2) is 4.79 Å². The van der Waals surface area contributed by atoms with Crippen LogP contribution >= 0.6 is 0 Å². The molecule has 0 atom stereocenters. The predicted octanol–water partition coefficient (Wildman–Crippen LogP) is 3.70. The Morgan fingerprint density at radius 1 is 1.21 bits per heavy atom. The highest BCUT2D eigenvalue weighted by atomic mass is 16.6. The first-order valence-corrected chi connectivity index (χ1v) is 9.47. The summed E-state index contributed by atoms with van der Waals surface area (Å²) in [5.41, 5.74) is 0.364. The van der Waals surface area contributed by atoms with Gasteiger partial charge in [0.05, 0.1) is 4.92 Å². The van der Waals surface area contributed by atoms with Crippen LogP contribution in [-0.2, 0) is 4.79 Å². The summed E-state index contributed by atoms with van der Waals surface area (Å²) < 4.78 is 4.93. The molecular formula is C19H23N5O5. The molecule has 3 amide bonds. The van der Waals surface area contributed by atoms with Crippen LogP contribution in [0.3, 0.4) is 0 Å². The van der Waals surface area contributed by atoms with Crippen molar-refractivity contribution in [3.05, 3.63) is 46.2 Å². The van der Waals surface area contributed by atoms with Crippen molar-refractivity contribution >= 4 is 29.1 Å². The number of urea groups is 1. The van der Waals surface area contributed by atoms with Crippen LogP contribution in [0, 0.1) is 17.0 Å². The summed E-state index contributed by atoms with van der Waals surface area (Å²) >= 11 is 0. The summed E-state index contributed by atoms with van der Waals surface area (Å²) in [5.74, 6) is 0.495. The van der Waals surface area contributed by atoms with Crippen molar-refractivity contribution in [2.75, 3.05) is 17.2 Å². The lowest BCUT2D eigenvalue weighted by atomic mass is 9.94. The van der Waals surface area contributed by atoms with Crippen molar-refractivity contribution in [1.82, 2.24) is 10.1 Å². The summed E-state index contributed by atoms with van der Waals surface area (Å²) in [6.07, 6.45) is 4.75. The molecule has 1 fully saturated rings. The van der Waals surface area contributed by atoms with Crippen LogP contribution in [0.15, 0.2) is 34.9 Å². The molecule has 2 aromatic rings. The largest absolute Gasteiger partial charge is 0.360 e. The molecule has 1 aromatic heterocycles. The van der Waals surface area contributed by atoms with Crippen LogP contribution < -0.4 is 10.6 Å². The van der Waals surface area contributed by atoms with Gasteiger partial charge in [-0.15, -0.1) is 0 Å². The molecule has 0 spiro atoms. The molecule has 0 bridgehead atoms. The van der Waals surface area contributed by atoms with E-state index in [9.17, 15) is 19.7 Å². The topological polar surface area (TPSA) is 131 Å². The molecule has 10 nitrogen and oxygen atoms in total. The number of aromatic nitrogens is 1. The van der Waals surface area contributed by atoms with Crippen molar-refractivity contribution < 1.29 is 19.0 Å². The Kier molecular flexibility index (Phi) is 6.43. The van der Waals surface area contributed by atoms with Crippen LogP contribution in [0.25, 0.3) is 0 Å². The van der Waals surface area contributed by atoms with E-state index >= 15 is 0 Å². The van der Waals surface area contributed by atoms with Crippen LogP contribution in [0.1, 0.15) is 37.9 Å². The van der Waals surface area contributed by atoms with Gasteiger partial charge in [0.25, 0.3) is 5.69 Å². The highest BCUT2D eigenvalue weighted by Crippen LogP contribution is 2.24. The fourth-order valence-corrected chi connectivity index (χ4v) is 3.38. The molecule has 0 unspecified atom stereocenters. The first-order chi connectivity index (χ1) is 13.9. The Bertz CT molecular complexity index is 873. The molecule has 0 saturated heterocycles. The number of nitro groups is 1. The number of hydrogen-bond donors (Lipinski definition) is 2. The van der Waals surface area contributed by atoms with Crippen LogP contribution in [0.4, 0.5) is 22.0 Å². The number of hydrogen-bond acceptors (Lipinski definition) is 6. The molecule has 3 rings (SSSR count). The van der Waals surface area contributed by atoms with E-state index in [1.165, 1.54) is 29.2 Å². The monoisotopic (exact) mass is 401 g/mol. The molecule has 1 aliphatic carbocycles. The lowest BCUT2D eigenvalue weighted by molar-refractivity contribution is -0.384. The summed E-state index contributed by atoms with van der Waals surface area (Å²) in [4.78, 5) is 37.1. The lowest BCUT2D eigenvalue weighted by Gasteiger charge is -2.33. The highest BCUT2D eigenvalue weighted by Gasteiger charge is 2.28. The first kappa shape index (κ1) is 20.3. The molecule has 1 heterocycles. The van der Waals surface area contributed by atoms with Crippen molar-refractivity contribution in [3.63, 3.8) is 0 Å². The maximum atomic E-state index is 12.9. The van der Waals surface area contributed by atoms with Gasteiger partial charge in [0, 0.05) is 29.9 Å². The second-order valence-corrected chi connectivity index (χ2v) is 7.02. The van der Waals surface area contributed by atoms with Crippen LogP contribution in [0.2, 0.25) is 0 Å². The summed E-state index contributed by atoms with van der Waals surface area (Å²) in [5, 5.41) is 19.9. The second-order valence-electron chi connectivity index (χ2n) is 7.02. The zero-order valence-electron chi connectivity index (χ0n) is 16.1. The highest BCUT2D eigenvalue weighted by molar-refractivity contribution is 5.96. The van der Waals surface area contributed by atoms with E-state index in [0.717, 1.165) is 32.1 Å². The minimum atomic E-state index is -0.504. The fourth-order valence-electron chi connectivity index (χ4n) is 3.38. The SMILES string of the molecule is Cc1cc(NC(=O)CN(C(=O)Nc2ccc([N+](=O)[O-])cc2)C2CCCCC2)no1. The molecule has 0 radical (unpaired) electrons. The minimum Gasteiger partial charge on any atom is -0.360 e. The number of nitrogens with zero attached hydrogens (tertiary/aromatic N) is 3. The van der Waals surface area contributed by atoms with E-state index < -0.39 is 11.0 Å². The summed E-state index contributed by atoms with van der Waals surface area (Å²) in [6.45, 7) is 1.59. The predicted molar refractivity (Wildman–Crippen MR) is 106 cm³/mol. The quantitative estimate of drug-likeness (QED) is 0.560. The Hall–Kier alpha value is -3.43. The number of nitrogens with one attached hydrogen (secondary N) is 2. The number of benzene rings is 1. The van der Waals surface area contributed by atoms with Gasteiger partial charge in [-0.3, -0.25) is 14.9 Å². The average Bonchev–Trinajstić information content (AvgIpc) is 3.11. The molecule has 1 aromatic carbocycles. The van der Waals surface area contributed by atoms with Crippen molar-refractivity contribution in [2.24, 2.45) is 0 Å². The maximum Gasteiger partial charge on any atom is 0.322 e. The molecule has 154 valence electrons. The van der Waals surface area contributed by atoms with Gasteiger partial charge in [0.2, 0.25) is 5.91 Å². The molecule has 10 heteroatoms. The van der Waals surface area contributed by atoms with E-state index in [-0.39, 0.29) is 24.2 Å². The van der Waals surface area contributed by atoms with Gasteiger partial charge < -0.3 is 20.1 Å². The number of carbonyl (C=O) groups excluding carboxylic acids is 2. The van der Waals surface area contributed by atoms with Crippen molar-refractivity contribution in [1.29, 1.82) is 0 Å². The van der Waals surface area contributed by atoms with Gasteiger partial charge >= 0.3 is 6.03 Å². The standard InChI is InChI=1S/C19H23N5O5/c1-13-11-17(22-29-13)21-18(25)12-23(15-5-3-2-4-6-15)19(26)20-14-7-9-16(10-8-14)24(27)28/h7-11,15H,2-6,12H2,1H3,(H,20,26)(H,21,22,25). The maximum absolute atomic E-state index is 12.9. The summed E-state index contributed by atoms with van der Waals surface area (Å²) in [6, 6.07) is 6.70. The first-order valence-electron chi connectivity index (χ1n) is 9.47. The van der Waals surface area contributed by atoms with Crippen LogP contribution in [0.5, 0.6) is 0 Å². The van der Waals surface area contributed by atoms with Gasteiger partial charge in [0.1, 0.15) is 12.3 Å². The molecule has 29 heavy (non-hydrogen) atoms. The third-order valence-corrected chi connectivity index (χ3v) is 4.82. The Morgan fingerprint density at radius 2 is 1.90 bits per heavy atom. The normalized spacial score (nSPS) is 14.2. The minimum absolute atomic E-state index is 0.0495. The third-order valence-electron chi connectivity index (χ3n) is 4.82. The van der Waals surface area contributed by atoms with Gasteiger partial charge in [-0.2, -0.15) is 0 Å². The van der Waals surface area contributed by atoms with Gasteiger partial charge in [0.15, 0.2) is 5.82 Å². The number of anilines is 2. The van der Waals surface area contributed by atoms with E-state index in [1.807, 2.05) is 0 Å².